The van der Waals surface area contributed by atoms with E-state index in [4.69, 9.17) is 4.52 Å². The van der Waals surface area contributed by atoms with Gasteiger partial charge >= 0.3 is 0 Å². The molecule has 4 heteroatoms. The van der Waals surface area contributed by atoms with Crippen molar-refractivity contribution >= 4 is 0 Å². The number of nitrogens with zero attached hydrogens (tertiary/aromatic N) is 1. The predicted molar refractivity (Wildman–Crippen MR) is 67.8 cm³/mol. The highest BCUT2D eigenvalue weighted by Crippen LogP contribution is 2.17. The third kappa shape index (κ3) is 4.48. The van der Waals surface area contributed by atoms with E-state index in [9.17, 15) is 0 Å². The fourth-order valence-corrected chi connectivity index (χ4v) is 2.40. The molecule has 96 valence electrons. The summed E-state index contributed by atoms with van der Waals surface area (Å²) in [5, 5.41) is 10.8. The van der Waals surface area contributed by atoms with E-state index in [1.807, 2.05) is 13.0 Å². The van der Waals surface area contributed by atoms with Crippen molar-refractivity contribution in [3.63, 3.8) is 0 Å². The first-order valence-electron chi connectivity index (χ1n) is 6.68. The van der Waals surface area contributed by atoms with E-state index >= 15 is 0 Å². The normalized spacial score (nSPS) is 17.5. The zero-order valence-corrected chi connectivity index (χ0v) is 10.7. The van der Waals surface area contributed by atoms with E-state index in [1.165, 1.54) is 38.8 Å². The smallest absolute Gasteiger partial charge is 0.133 e. The molecule has 0 unspecified atom stereocenters. The summed E-state index contributed by atoms with van der Waals surface area (Å²) in [6.07, 6.45) is 5.32. The van der Waals surface area contributed by atoms with Gasteiger partial charge < -0.3 is 15.2 Å². The SMILES string of the molecule is Cc1cc(CNCCCC2CCNCC2)no1. The van der Waals surface area contributed by atoms with Gasteiger partial charge in [0.1, 0.15) is 5.76 Å². The quantitative estimate of drug-likeness (QED) is 0.741. The van der Waals surface area contributed by atoms with Crippen molar-refractivity contribution in [3.05, 3.63) is 17.5 Å². The highest BCUT2D eigenvalue weighted by molar-refractivity contribution is 5.02. The summed E-state index contributed by atoms with van der Waals surface area (Å²) in [4.78, 5) is 0. The van der Waals surface area contributed by atoms with Gasteiger partial charge in [0.2, 0.25) is 0 Å². The van der Waals surface area contributed by atoms with E-state index in [0.29, 0.717) is 0 Å². The Morgan fingerprint density at radius 1 is 1.47 bits per heavy atom. The summed E-state index contributed by atoms with van der Waals surface area (Å²) in [6, 6.07) is 1.99. The standard InChI is InChI=1S/C13H23N3O/c1-11-9-13(16-17-11)10-15-6-2-3-12-4-7-14-8-5-12/h9,12,14-15H,2-8,10H2,1H3. The van der Waals surface area contributed by atoms with Gasteiger partial charge in [-0.3, -0.25) is 0 Å². The molecule has 0 spiro atoms. The molecule has 1 saturated heterocycles. The first-order valence-corrected chi connectivity index (χ1v) is 6.68. The monoisotopic (exact) mass is 237 g/mol. The van der Waals surface area contributed by atoms with Crippen LogP contribution >= 0.6 is 0 Å². The van der Waals surface area contributed by atoms with Crippen LogP contribution < -0.4 is 10.6 Å². The van der Waals surface area contributed by atoms with Crippen LogP contribution in [0.2, 0.25) is 0 Å². The molecule has 1 aromatic heterocycles. The van der Waals surface area contributed by atoms with Crippen molar-refractivity contribution in [2.45, 2.75) is 39.2 Å². The Balaban J connectivity index is 1.51. The van der Waals surface area contributed by atoms with Gasteiger partial charge in [0, 0.05) is 12.6 Å². The van der Waals surface area contributed by atoms with Crippen LogP contribution in [0.1, 0.15) is 37.1 Å². The fourth-order valence-electron chi connectivity index (χ4n) is 2.40. The summed E-state index contributed by atoms with van der Waals surface area (Å²) in [5.74, 6) is 1.82. The Morgan fingerprint density at radius 2 is 2.29 bits per heavy atom. The van der Waals surface area contributed by atoms with Crippen molar-refractivity contribution in [2.24, 2.45) is 5.92 Å². The fraction of sp³-hybridized carbons (Fsp3) is 0.769. The molecule has 0 bridgehead atoms. The van der Waals surface area contributed by atoms with E-state index in [2.05, 4.69) is 15.8 Å². The van der Waals surface area contributed by atoms with Gasteiger partial charge in [-0.25, -0.2) is 0 Å². The summed E-state index contributed by atoms with van der Waals surface area (Å²) in [5.41, 5.74) is 1.00. The van der Waals surface area contributed by atoms with Gasteiger partial charge in [-0.05, 0) is 58.2 Å². The maximum absolute atomic E-state index is 5.02. The van der Waals surface area contributed by atoms with Crippen LogP contribution in [0.3, 0.4) is 0 Å². The summed E-state index contributed by atoms with van der Waals surface area (Å²) < 4.78 is 5.02. The van der Waals surface area contributed by atoms with Gasteiger partial charge in [-0.15, -0.1) is 0 Å². The van der Waals surface area contributed by atoms with Crippen molar-refractivity contribution in [1.29, 1.82) is 0 Å². The lowest BCUT2D eigenvalue weighted by molar-refractivity contribution is 0.344. The minimum absolute atomic E-state index is 0.823. The average molecular weight is 237 g/mol. The van der Waals surface area contributed by atoms with Crippen molar-refractivity contribution in [2.75, 3.05) is 19.6 Å². The largest absolute Gasteiger partial charge is 0.361 e. The van der Waals surface area contributed by atoms with Crippen molar-refractivity contribution in [3.8, 4) is 0 Å². The van der Waals surface area contributed by atoms with Crippen molar-refractivity contribution < 1.29 is 4.52 Å². The number of aryl methyl sites for hydroxylation is 1. The van der Waals surface area contributed by atoms with Crippen LogP contribution in [-0.4, -0.2) is 24.8 Å². The first-order chi connectivity index (χ1) is 8.34. The summed E-state index contributed by atoms with van der Waals surface area (Å²) in [7, 11) is 0. The average Bonchev–Trinajstić information content (AvgIpc) is 2.76. The van der Waals surface area contributed by atoms with E-state index < -0.39 is 0 Å². The molecule has 0 atom stereocenters. The maximum Gasteiger partial charge on any atom is 0.133 e. The number of rotatable bonds is 6. The molecular formula is C13H23N3O. The zero-order chi connectivity index (χ0) is 11.9. The highest BCUT2D eigenvalue weighted by Gasteiger charge is 2.11. The molecule has 1 aromatic rings. The second-order valence-electron chi connectivity index (χ2n) is 4.94. The topological polar surface area (TPSA) is 50.1 Å². The lowest BCUT2D eigenvalue weighted by Crippen LogP contribution is -2.28. The van der Waals surface area contributed by atoms with Crippen molar-refractivity contribution in [1.82, 2.24) is 15.8 Å². The van der Waals surface area contributed by atoms with Gasteiger partial charge in [-0.2, -0.15) is 0 Å². The Morgan fingerprint density at radius 3 is 3.00 bits per heavy atom. The highest BCUT2D eigenvalue weighted by atomic mass is 16.5. The number of nitrogens with one attached hydrogen (secondary N) is 2. The second-order valence-corrected chi connectivity index (χ2v) is 4.94. The predicted octanol–water partition coefficient (Wildman–Crippen LogP) is 1.85. The third-order valence-corrected chi connectivity index (χ3v) is 3.41. The Bertz CT molecular complexity index is 318. The molecule has 2 N–H and O–H groups in total. The second kappa shape index (κ2) is 6.77. The van der Waals surface area contributed by atoms with Crippen LogP contribution in [0.25, 0.3) is 0 Å². The van der Waals surface area contributed by atoms with Crippen LogP contribution in [0.5, 0.6) is 0 Å². The minimum atomic E-state index is 0.823. The molecule has 0 amide bonds. The number of aromatic nitrogens is 1. The minimum Gasteiger partial charge on any atom is -0.361 e. The van der Waals surface area contributed by atoms with E-state index in [-0.39, 0.29) is 0 Å². The van der Waals surface area contributed by atoms with Crippen LogP contribution in [0.15, 0.2) is 10.6 Å². The molecule has 0 aliphatic carbocycles. The van der Waals surface area contributed by atoms with E-state index in [1.54, 1.807) is 0 Å². The molecule has 1 aliphatic heterocycles. The van der Waals surface area contributed by atoms with Crippen LogP contribution in [0.4, 0.5) is 0 Å². The molecule has 17 heavy (non-hydrogen) atoms. The third-order valence-electron chi connectivity index (χ3n) is 3.41. The lowest BCUT2D eigenvalue weighted by atomic mass is 9.93. The van der Waals surface area contributed by atoms with Gasteiger partial charge in [0.25, 0.3) is 0 Å². The molecule has 0 saturated carbocycles. The number of hydrogen-bond donors (Lipinski definition) is 2. The molecule has 1 fully saturated rings. The molecule has 0 radical (unpaired) electrons. The Hall–Kier alpha value is -0.870. The zero-order valence-electron chi connectivity index (χ0n) is 10.7. The lowest BCUT2D eigenvalue weighted by Gasteiger charge is -2.22. The molecule has 1 aliphatic rings. The van der Waals surface area contributed by atoms with Gasteiger partial charge in [0.05, 0.1) is 5.69 Å². The molecule has 4 nitrogen and oxygen atoms in total. The van der Waals surface area contributed by atoms with Gasteiger partial charge in [0.15, 0.2) is 0 Å². The van der Waals surface area contributed by atoms with Crippen LogP contribution in [-0.2, 0) is 6.54 Å². The number of hydrogen-bond acceptors (Lipinski definition) is 4. The van der Waals surface area contributed by atoms with Gasteiger partial charge in [-0.1, -0.05) is 5.16 Å². The van der Waals surface area contributed by atoms with E-state index in [0.717, 1.165) is 30.5 Å². The number of piperidine rings is 1. The Kier molecular flexibility index (Phi) is 5.01. The molecule has 2 rings (SSSR count). The Labute approximate surface area is 103 Å². The molecule has 2 heterocycles. The maximum atomic E-state index is 5.02. The summed E-state index contributed by atoms with van der Waals surface area (Å²) in [6.45, 7) is 6.24. The summed E-state index contributed by atoms with van der Waals surface area (Å²) >= 11 is 0. The first kappa shape index (κ1) is 12.6. The van der Waals surface area contributed by atoms with Crippen LogP contribution in [0, 0.1) is 12.8 Å². The molecule has 0 aromatic carbocycles. The molecular weight excluding hydrogens is 214 g/mol.